The van der Waals surface area contributed by atoms with Crippen molar-refractivity contribution in [2.45, 2.75) is 31.8 Å². The van der Waals surface area contributed by atoms with Crippen molar-refractivity contribution in [1.82, 2.24) is 0 Å². The van der Waals surface area contributed by atoms with Crippen LogP contribution in [0.3, 0.4) is 0 Å². The standard InChI is InChI=1S/C13H15F3O2/c14-11-3-10(7-17)4-12(5-11)18-8-9-1-2-13(15,16)6-9/h3-5,9,17H,1-2,6-8H2. The van der Waals surface area contributed by atoms with E-state index in [9.17, 15) is 13.2 Å². The Kier molecular flexibility index (Phi) is 3.80. The molecular weight excluding hydrogens is 245 g/mol. The zero-order valence-corrected chi connectivity index (χ0v) is 9.83. The molecule has 1 fully saturated rings. The molecule has 0 bridgehead atoms. The SMILES string of the molecule is OCc1cc(F)cc(OCC2CCC(F)(F)C2)c1. The first-order valence-corrected chi connectivity index (χ1v) is 5.89. The maximum atomic E-state index is 13.1. The van der Waals surface area contributed by atoms with E-state index in [-0.39, 0.29) is 37.7 Å². The average Bonchev–Trinajstić information content (AvgIpc) is 2.65. The molecular formula is C13H15F3O2. The van der Waals surface area contributed by atoms with Crippen LogP contribution in [0, 0.1) is 11.7 Å². The molecule has 1 aromatic carbocycles. The highest BCUT2D eigenvalue weighted by Gasteiger charge is 2.39. The Hall–Kier alpha value is -1.23. The third kappa shape index (κ3) is 3.38. The molecule has 18 heavy (non-hydrogen) atoms. The van der Waals surface area contributed by atoms with Gasteiger partial charge in [-0.2, -0.15) is 0 Å². The molecule has 0 aliphatic heterocycles. The zero-order chi connectivity index (χ0) is 13.2. The van der Waals surface area contributed by atoms with Gasteiger partial charge in [-0.05, 0) is 30.0 Å². The highest BCUT2D eigenvalue weighted by molar-refractivity contribution is 5.29. The summed E-state index contributed by atoms with van der Waals surface area (Å²) in [5, 5.41) is 8.91. The van der Waals surface area contributed by atoms with E-state index in [2.05, 4.69) is 0 Å². The second-order valence-electron chi connectivity index (χ2n) is 4.73. The van der Waals surface area contributed by atoms with Gasteiger partial charge >= 0.3 is 0 Å². The van der Waals surface area contributed by atoms with Crippen LogP contribution in [0.5, 0.6) is 5.75 Å². The summed E-state index contributed by atoms with van der Waals surface area (Å²) >= 11 is 0. The number of halogens is 3. The molecule has 2 nitrogen and oxygen atoms in total. The van der Waals surface area contributed by atoms with Crippen LogP contribution in [-0.4, -0.2) is 17.6 Å². The van der Waals surface area contributed by atoms with Crippen LogP contribution in [0.25, 0.3) is 0 Å². The van der Waals surface area contributed by atoms with Crippen LogP contribution in [-0.2, 0) is 6.61 Å². The minimum absolute atomic E-state index is 0.105. The molecule has 2 rings (SSSR count). The van der Waals surface area contributed by atoms with Crippen LogP contribution in [0.4, 0.5) is 13.2 Å². The van der Waals surface area contributed by atoms with Gasteiger partial charge in [-0.15, -0.1) is 0 Å². The summed E-state index contributed by atoms with van der Waals surface area (Å²) in [4.78, 5) is 0. The van der Waals surface area contributed by atoms with Crippen molar-refractivity contribution in [3.05, 3.63) is 29.6 Å². The molecule has 0 amide bonds. The predicted molar refractivity (Wildman–Crippen MR) is 60.1 cm³/mol. The molecule has 1 saturated carbocycles. The minimum Gasteiger partial charge on any atom is -0.493 e. The summed E-state index contributed by atoms with van der Waals surface area (Å²) in [6.07, 6.45) is 0.149. The molecule has 0 heterocycles. The van der Waals surface area contributed by atoms with Crippen molar-refractivity contribution >= 4 is 0 Å². The van der Waals surface area contributed by atoms with Crippen LogP contribution < -0.4 is 4.74 Å². The van der Waals surface area contributed by atoms with E-state index in [1.54, 1.807) is 0 Å². The maximum Gasteiger partial charge on any atom is 0.248 e. The Balaban J connectivity index is 1.92. The van der Waals surface area contributed by atoms with Gasteiger partial charge in [0.1, 0.15) is 11.6 Å². The molecule has 1 aliphatic carbocycles. The van der Waals surface area contributed by atoms with E-state index in [1.807, 2.05) is 0 Å². The number of ether oxygens (including phenoxy) is 1. The van der Waals surface area contributed by atoms with Gasteiger partial charge in [-0.25, -0.2) is 13.2 Å². The monoisotopic (exact) mass is 260 g/mol. The Bertz CT molecular complexity index is 421. The molecule has 1 N–H and O–H groups in total. The summed E-state index contributed by atoms with van der Waals surface area (Å²) in [6.45, 7) is -0.125. The molecule has 0 aromatic heterocycles. The molecule has 1 aliphatic rings. The van der Waals surface area contributed by atoms with Crippen LogP contribution >= 0.6 is 0 Å². The lowest BCUT2D eigenvalue weighted by Crippen LogP contribution is -2.14. The van der Waals surface area contributed by atoms with Gasteiger partial charge in [0.2, 0.25) is 5.92 Å². The third-order valence-corrected chi connectivity index (χ3v) is 3.11. The lowest BCUT2D eigenvalue weighted by molar-refractivity contribution is 0.00291. The van der Waals surface area contributed by atoms with Gasteiger partial charge in [0.15, 0.2) is 0 Å². The molecule has 1 unspecified atom stereocenters. The first-order valence-electron chi connectivity index (χ1n) is 5.89. The fourth-order valence-corrected chi connectivity index (χ4v) is 2.19. The summed E-state index contributed by atoms with van der Waals surface area (Å²) < 4.78 is 44.4. The van der Waals surface area contributed by atoms with Crippen molar-refractivity contribution in [2.24, 2.45) is 5.92 Å². The molecule has 1 aromatic rings. The quantitative estimate of drug-likeness (QED) is 0.901. The average molecular weight is 260 g/mol. The predicted octanol–water partition coefficient (Wildman–Crippen LogP) is 3.13. The normalized spacial score (nSPS) is 22.1. The van der Waals surface area contributed by atoms with Gasteiger partial charge in [0.25, 0.3) is 0 Å². The van der Waals surface area contributed by atoms with Crippen molar-refractivity contribution in [2.75, 3.05) is 6.61 Å². The molecule has 5 heteroatoms. The summed E-state index contributed by atoms with van der Waals surface area (Å²) in [6, 6.07) is 3.90. The van der Waals surface area contributed by atoms with Crippen molar-refractivity contribution in [3.63, 3.8) is 0 Å². The van der Waals surface area contributed by atoms with E-state index in [4.69, 9.17) is 9.84 Å². The Morgan fingerprint density at radius 3 is 2.72 bits per heavy atom. The van der Waals surface area contributed by atoms with E-state index >= 15 is 0 Å². The summed E-state index contributed by atoms with van der Waals surface area (Å²) in [7, 11) is 0. The number of aliphatic hydroxyl groups excluding tert-OH is 1. The molecule has 0 saturated heterocycles. The number of benzene rings is 1. The molecule has 0 spiro atoms. The van der Waals surface area contributed by atoms with Crippen molar-refractivity contribution in [3.8, 4) is 5.75 Å². The Morgan fingerprint density at radius 1 is 1.33 bits per heavy atom. The van der Waals surface area contributed by atoms with Gasteiger partial charge in [-0.1, -0.05) is 0 Å². The zero-order valence-electron chi connectivity index (χ0n) is 9.83. The largest absolute Gasteiger partial charge is 0.493 e. The number of rotatable bonds is 4. The van der Waals surface area contributed by atoms with E-state index in [0.717, 1.165) is 0 Å². The van der Waals surface area contributed by atoms with E-state index in [1.165, 1.54) is 18.2 Å². The lowest BCUT2D eigenvalue weighted by atomic mass is 10.1. The van der Waals surface area contributed by atoms with E-state index in [0.29, 0.717) is 12.0 Å². The molecule has 1 atom stereocenters. The third-order valence-electron chi connectivity index (χ3n) is 3.11. The Labute approximate surface area is 103 Å². The first kappa shape index (κ1) is 13.2. The van der Waals surface area contributed by atoms with Crippen LogP contribution in [0.2, 0.25) is 0 Å². The van der Waals surface area contributed by atoms with Gasteiger partial charge in [0.05, 0.1) is 13.2 Å². The topological polar surface area (TPSA) is 29.5 Å². The molecule has 0 radical (unpaired) electrons. The number of hydrogen-bond donors (Lipinski definition) is 1. The smallest absolute Gasteiger partial charge is 0.248 e. The highest BCUT2D eigenvalue weighted by atomic mass is 19.3. The van der Waals surface area contributed by atoms with Gasteiger partial charge in [0, 0.05) is 18.9 Å². The number of alkyl halides is 2. The maximum absolute atomic E-state index is 13.1. The van der Waals surface area contributed by atoms with Gasteiger partial charge < -0.3 is 9.84 Å². The number of hydrogen-bond acceptors (Lipinski definition) is 2. The summed E-state index contributed by atoms with van der Waals surface area (Å²) in [5.74, 6) is -3.02. The second-order valence-corrected chi connectivity index (χ2v) is 4.73. The fraction of sp³-hybridized carbons (Fsp3) is 0.538. The summed E-state index contributed by atoms with van der Waals surface area (Å²) in [5.41, 5.74) is 0.404. The van der Waals surface area contributed by atoms with E-state index < -0.39 is 11.7 Å². The second kappa shape index (κ2) is 5.18. The van der Waals surface area contributed by atoms with Crippen molar-refractivity contribution < 1.29 is 23.0 Å². The van der Waals surface area contributed by atoms with Crippen LogP contribution in [0.15, 0.2) is 18.2 Å². The molecule has 100 valence electrons. The van der Waals surface area contributed by atoms with Crippen molar-refractivity contribution in [1.29, 1.82) is 0 Å². The minimum atomic E-state index is -2.59. The Morgan fingerprint density at radius 2 is 2.11 bits per heavy atom. The number of aliphatic hydroxyl groups is 1. The van der Waals surface area contributed by atoms with Gasteiger partial charge in [-0.3, -0.25) is 0 Å². The first-order chi connectivity index (χ1) is 8.48. The lowest BCUT2D eigenvalue weighted by Gasteiger charge is -2.13. The fourth-order valence-electron chi connectivity index (χ4n) is 2.19. The highest BCUT2D eigenvalue weighted by Crippen LogP contribution is 2.38. The van der Waals surface area contributed by atoms with Crippen LogP contribution in [0.1, 0.15) is 24.8 Å².